The molecule has 0 aliphatic rings. The average molecular weight is 188 g/mol. The van der Waals surface area contributed by atoms with E-state index in [0.29, 0.717) is 6.04 Å². The third-order valence-electron chi connectivity index (χ3n) is 2.33. The van der Waals surface area contributed by atoms with Crippen molar-refractivity contribution in [3.63, 3.8) is 0 Å². The van der Waals surface area contributed by atoms with Crippen LogP contribution in [0, 0.1) is 0 Å². The molecule has 0 atom stereocenters. The van der Waals surface area contributed by atoms with Gasteiger partial charge < -0.3 is 10.3 Å². The Balaban J connectivity index is 2.17. The predicted molar refractivity (Wildman–Crippen MR) is 60.3 cm³/mol. The minimum absolute atomic E-state index is 0.539. The first kappa shape index (κ1) is 9.28. The third kappa shape index (κ3) is 1.96. The Bertz CT molecular complexity index is 415. The molecule has 0 fully saturated rings. The largest absolute Gasteiger partial charge is 0.361 e. The highest BCUT2D eigenvalue weighted by Crippen LogP contribution is 2.14. The molecule has 0 bridgehead atoms. The summed E-state index contributed by atoms with van der Waals surface area (Å²) in [5.74, 6) is 0. The van der Waals surface area contributed by atoms with Crippen molar-refractivity contribution in [3.8, 4) is 0 Å². The first-order valence-electron chi connectivity index (χ1n) is 5.05. The molecule has 0 spiro atoms. The molecule has 2 heteroatoms. The molecule has 0 aliphatic carbocycles. The van der Waals surface area contributed by atoms with Gasteiger partial charge in [-0.15, -0.1) is 0 Å². The zero-order chi connectivity index (χ0) is 9.97. The van der Waals surface area contributed by atoms with Crippen LogP contribution in [0.2, 0.25) is 0 Å². The Labute approximate surface area is 84.3 Å². The lowest BCUT2D eigenvalue weighted by Crippen LogP contribution is -2.21. The first-order chi connectivity index (χ1) is 6.75. The van der Waals surface area contributed by atoms with Gasteiger partial charge >= 0.3 is 0 Å². The third-order valence-corrected chi connectivity index (χ3v) is 2.33. The van der Waals surface area contributed by atoms with E-state index in [0.717, 1.165) is 6.54 Å². The maximum absolute atomic E-state index is 3.41. The monoisotopic (exact) mass is 188 g/mol. The van der Waals surface area contributed by atoms with E-state index in [2.05, 4.69) is 48.4 Å². The van der Waals surface area contributed by atoms with Gasteiger partial charge in [-0.05, 0) is 29.1 Å². The topological polar surface area (TPSA) is 27.8 Å². The summed E-state index contributed by atoms with van der Waals surface area (Å²) in [4.78, 5) is 3.19. The number of rotatable bonds is 3. The zero-order valence-electron chi connectivity index (χ0n) is 8.67. The van der Waals surface area contributed by atoms with E-state index in [9.17, 15) is 0 Å². The molecule has 2 N–H and O–H groups in total. The number of nitrogens with one attached hydrogen (secondary N) is 2. The summed E-state index contributed by atoms with van der Waals surface area (Å²) in [5.41, 5.74) is 2.55. The summed E-state index contributed by atoms with van der Waals surface area (Å²) in [6.45, 7) is 5.27. The molecule has 0 aliphatic heterocycles. The van der Waals surface area contributed by atoms with Gasteiger partial charge in [-0.3, -0.25) is 0 Å². The first-order valence-corrected chi connectivity index (χ1v) is 5.05. The van der Waals surface area contributed by atoms with Crippen LogP contribution in [-0.4, -0.2) is 11.0 Å². The highest BCUT2D eigenvalue weighted by molar-refractivity contribution is 5.79. The fourth-order valence-electron chi connectivity index (χ4n) is 1.53. The van der Waals surface area contributed by atoms with E-state index in [1.54, 1.807) is 0 Å². The summed E-state index contributed by atoms with van der Waals surface area (Å²) < 4.78 is 0. The Kier molecular flexibility index (Phi) is 2.55. The Morgan fingerprint density at radius 3 is 2.93 bits per heavy atom. The number of aromatic amines is 1. The van der Waals surface area contributed by atoms with Crippen molar-refractivity contribution in [2.24, 2.45) is 0 Å². The maximum Gasteiger partial charge on any atom is 0.0454 e. The predicted octanol–water partition coefficient (Wildman–Crippen LogP) is 2.67. The van der Waals surface area contributed by atoms with Crippen LogP contribution in [0.3, 0.4) is 0 Å². The summed E-state index contributed by atoms with van der Waals surface area (Å²) in [6.07, 6.45) is 1.98. The van der Waals surface area contributed by atoms with E-state index < -0.39 is 0 Å². The molecule has 1 aromatic carbocycles. The van der Waals surface area contributed by atoms with Gasteiger partial charge in [0.15, 0.2) is 0 Å². The molecule has 0 unspecified atom stereocenters. The van der Waals surface area contributed by atoms with Crippen LogP contribution in [0.4, 0.5) is 0 Å². The van der Waals surface area contributed by atoms with Crippen molar-refractivity contribution >= 4 is 10.9 Å². The molecular formula is C12H16N2. The molecule has 0 radical (unpaired) electrons. The van der Waals surface area contributed by atoms with Gasteiger partial charge in [-0.25, -0.2) is 0 Å². The van der Waals surface area contributed by atoms with Crippen molar-refractivity contribution in [2.75, 3.05) is 0 Å². The van der Waals surface area contributed by atoms with E-state index in [1.165, 1.54) is 16.5 Å². The van der Waals surface area contributed by atoms with Crippen LogP contribution >= 0.6 is 0 Å². The zero-order valence-corrected chi connectivity index (χ0v) is 8.67. The lowest BCUT2D eigenvalue weighted by atomic mass is 10.1. The van der Waals surface area contributed by atoms with Crippen LogP contribution in [-0.2, 0) is 6.54 Å². The molecule has 2 nitrogen and oxygen atoms in total. The molecule has 14 heavy (non-hydrogen) atoms. The van der Waals surface area contributed by atoms with Gasteiger partial charge in [0.2, 0.25) is 0 Å². The number of hydrogen-bond acceptors (Lipinski definition) is 1. The number of hydrogen-bond donors (Lipinski definition) is 2. The maximum atomic E-state index is 3.41. The highest BCUT2D eigenvalue weighted by Gasteiger charge is 1.97. The molecule has 1 aromatic heterocycles. The lowest BCUT2D eigenvalue weighted by molar-refractivity contribution is 0.589. The Hall–Kier alpha value is -1.28. The molecule has 0 amide bonds. The molecule has 2 rings (SSSR count). The second kappa shape index (κ2) is 3.84. The van der Waals surface area contributed by atoms with Crippen LogP contribution in [0.15, 0.2) is 30.5 Å². The van der Waals surface area contributed by atoms with Gasteiger partial charge in [0.05, 0.1) is 0 Å². The second-order valence-corrected chi connectivity index (χ2v) is 3.93. The Morgan fingerprint density at radius 1 is 1.29 bits per heavy atom. The van der Waals surface area contributed by atoms with Crippen molar-refractivity contribution in [1.82, 2.24) is 10.3 Å². The lowest BCUT2D eigenvalue weighted by Gasteiger charge is -2.07. The minimum atomic E-state index is 0.539. The average Bonchev–Trinajstić information content (AvgIpc) is 2.61. The molecule has 0 saturated heterocycles. The van der Waals surface area contributed by atoms with E-state index in [1.807, 2.05) is 6.20 Å². The van der Waals surface area contributed by atoms with Crippen LogP contribution in [0.1, 0.15) is 19.4 Å². The van der Waals surface area contributed by atoms with Gasteiger partial charge in [0.25, 0.3) is 0 Å². The smallest absolute Gasteiger partial charge is 0.0454 e. The minimum Gasteiger partial charge on any atom is -0.361 e. The number of benzene rings is 1. The standard InChI is InChI=1S/C12H16N2/c1-9(2)14-8-10-3-4-12-11(7-10)5-6-13-12/h3-7,9,13-14H,8H2,1-2H3. The van der Waals surface area contributed by atoms with E-state index in [-0.39, 0.29) is 0 Å². The quantitative estimate of drug-likeness (QED) is 0.761. The number of fused-ring (bicyclic) bond motifs is 1. The van der Waals surface area contributed by atoms with Crippen LogP contribution < -0.4 is 5.32 Å². The van der Waals surface area contributed by atoms with Crippen molar-refractivity contribution < 1.29 is 0 Å². The summed E-state index contributed by atoms with van der Waals surface area (Å²) in [7, 11) is 0. The highest BCUT2D eigenvalue weighted by atomic mass is 14.9. The fourth-order valence-corrected chi connectivity index (χ4v) is 1.53. The second-order valence-electron chi connectivity index (χ2n) is 3.93. The van der Waals surface area contributed by atoms with Gasteiger partial charge in [-0.2, -0.15) is 0 Å². The van der Waals surface area contributed by atoms with Gasteiger partial charge in [0.1, 0.15) is 0 Å². The SMILES string of the molecule is CC(C)NCc1ccc2[nH]ccc2c1. The van der Waals surface area contributed by atoms with Crippen molar-refractivity contribution in [1.29, 1.82) is 0 Å². The van der Waals surface area contributed by atoms with Crippen molar-refractivity contribution in [2.45, 2.75) is 26.4 Å². The molecule has 2 aromatic rings. The number of aromatic nitrogens is 1. The molecule has 74 valence electrons. The summed E-state index contributed by atoms with van der Waals surface area (Å²) >= 11 is 0. The van der Waals surface area contributed by atoms with Crippen LogP contribution in [0.25, 0.3) is 10.9 Å². The molecule has 0 saturated carbocycles. The molecular weight excluding hydrogens is 172 g/mol. The van der Waals surface area contributed by atoms with Crippen molar-refractivity contribution in [3.05, 3.63) is 36.0 Å². The van der Waals surface area contributed by atoms with E-state index in [4.69, 9.17) is 0 Å². The fraction of sp³-hybridized carbons (Fsp3) is 0.333. The normalized spacial score (nSPS) is 11.4. The summed E-state index contributed by atoms with van der Waals surface area (Å²) in [6, 6.07) is 9.16. The Morgan fingerprint density at radius 2 is 2.14 bits per heavy atom. The van der Waals surface area contributed by atoms with Gasteiger partial charge in [0, 0.05) is 24.3 Å². The number of H-pyrrole nitrogens is 1. The van der Waals surface area contributed by atoms with E-state index >= 15 is 0 Å². The summed E-state index contributed by atoms with van der Waals surface area (Å²) in [5, 5.41) is 4.69. The van der Waals surface area contributed by atoms with Crippen LogP contribution in [0.5, 0.6) is 0 Å². The van der Waals surface area contributed by atoms with Gasteiger partial charge in [-0.1, -0.05) is 19.9 Å². The molecule has 1 heterocycles.